The second-order valence-electron chi connectivity index (χ2n) is 16.2. The Morgan fingerprint density at radius 2 is 0.869 bits per heavy atom. The van der Waals surface area contributed by atoms with Crippen molar-refractivity contribution in [3.63, 3.8) is 0 Å². The lowest BCUT2D eigenvalue weighted by Crippen LogP contribution is -2.17. The third kappa shape index (κ3) is 5.62. The van der Waals surface area contributed by atoms with Gasteiger partial charge in [0.15, 0.2) is 17.5 Å². The first kappa shape index (κ1) is 35.0. The monoisotopic (exact) mass is 783 g/mol. The summed E-state index contributed by atoms with van der Waals surface area (Å²) in [7, 11) is 0. The van der Waals surface area contributed by atoms with E-state index < -0.39 is 0 Å². The average molecular weight is 784 g/mol. The summed E-state index contributed by atoms with van der Waals surface area (Å²) < 4.78 is 4.55. The molecule has 7 nitrogen and oxygen atoms in total. The molecule has 4 aromatic heterocycles. The Hall–Kier alpha value is -8.03. The second-order valence-corrected chi connectivity index (χ2v) is 16.2. The number of aromatic nitrogens is 7. The van der Waals surface area contributed by atoms with Crippen molar-refractivity contribution in [2.45, 2.75) is 19.3 Å². The first-order valence-electron chi connectivity index (χ1n) is 20.6. The Kier molecular flexibility index (Phi) is 7.74. The van der Waals surface area contributed by atoms with Crippen molar-refractivity contribution in [3.05, 3.63) is 193 Å². The number of benzene rings is 7. The Balaban J connectivity index is 1.05. The van der Waals surface area contributed by atoms with Gasteiger partial charge < -0.3 is 4.57 Å². The Bertz CT molecular complexity index is 3490. The van der Waals surface area contributed by atoms with Crippen LogP contribution < -0.4 is 0 Å². The quantitative estimate of drug-likeness (QED) is 0.168. The molecule has 7 aromatic carbocycles. The maximum Gasteiger partial charge on any atom is 0.235 e. The van der Waals surface area contributed by atoms with Gasteiger partial charge in [-0.25, -0.2) is 24.9 Å². The van der Waals surface area contributed by atoms with Crippen LogP contribution in [-0.2, 0) is 5.41 Å². The van der Waals surface area contributed by atoms with Crippen LogP contribution in [0.15, 0.2) is 182 Å². The fourth-order valence-electron chi connectivity index (χ4n) is 9.04. The molecule has 0 unspecified atom stereocenters. The molecule has 0 saturated carbocycles. The van der Waals surface area contributed by atoms with E-state index in [4.69, 9.17) is 24.9 Å². The summed E-state index contributed by atoms with van der Waals surface area (Å²) >= 11 is 0. The van der Waals surface area contributed by atoms with Gasteiger partial charge in [0.1, 0.15) is 5.69 Å². The van der Waals surface area contributed by atoms with E-state index >= 15 is 0 Å². The largest absolute Gasteiger partial charge is 0.309 e. The Labute approximate surface area is 352 Å². The SMILES string of the molecule is CC1(C)C=Cc2c(-c3nc(-c4ccccc4)nc(-c4ccccc4)n3)nc(-n3c4ccccc4c4cc(-c5ccc6c(c5)c5ccccc5n6-c5ccccc5)ccc43)nc21. The van der Waals surface area contributed by atoms with Gasteiger partial charge in [0.2, 0.25) is 5.95 Å². The van der Waals surface area contributed by atoms with E-state index in [1.165, 1.54) is 21.8 Å². The highest BCUT2D eigenvalue weighted by atomic mass is 15.2. The molecule has 0 radical (unpaired) electrons. The predicted octanol–water partition coefficient (Wildman–Crippen LogP) is 12.8. The van der Waals surface area contributed by atoms with E-state index in [0.717, 1.165) is 61.0 Å². The van der Waals surface area contributed by atoms with Crippen molar-refractivity contribution < 1.29 is 0 Å². The van der Waals surface area contributed by atoms with Crippen molar-refractivity contribution in [2.24, 2.45) is 0 Å². The molecular formula is C54H37N7. The highest BCUT2D eigenvalue weighted by Crippen LogP contribution is 2.42. The van der Waals surface area contributed by atoms with Crippen LogP contribution in [0.4, 0.5) is 0 Å². The van der Waals surface area contributed by atoms with Crippen LogP contribution in [0.2, 0.25) is 0 Å². The number of fused-ring (bicyclic) bond motifs is 7. The summed E-state index contributed by atoms with van der Waals surface area (Å²) in [5, 5.41) is 4.70. The summed E-state index contributed by atoms with van der Waals surface area (Å²) in [6, 6.07) is 61.5. The van der Waals surface area contributed by atoms with E-state index in [1.807, 2.05) is 60.7 Å². The van der Waals surface area contributed by atoms with Gasteiger partial charge in [0, 0.05) is 49.3 Å². The van der Waals surface area contributed by atoms with Crippen LogP contribution in [0.3, 0.4) is 0 Å². The van der Waals surface area contributed by atoms with Gasteiger partial charge in [-0.05, 0) is 59.7 Å². The molecule has 1 aliphatic carbocycles. The molecule has 4 heterocycles. The van der Waals surface area contributed by atoms with Crippen molar-refractivity contribution in [2.75, 3.05) is 0 Å². The summed E-state index contributed by atoms with van der Waals surface area (Å²) in [5.41, 5.74) is 11.9. The molecule has 1 aliphatic rings. The molecule has 288 valence electrons. The molecule has 0 atom stereocenters. The van der Waals surface area contributed by atoms with Gasteiger partial charge in [0.25, 0.3) is 0 Å². The maximum atomic E-state index is 5.41. The van der Waals surface area contributed by atoms with Gasteiger partial charge in [-0.3, -0.25) is 4.57 Å². The highest BCUT2D eigenvalue weighted by Gasteiger charge is 2.32. The third-order valence-electron chi connectivity index (χ3n) is 12.0. The highest BCUT2D eigenvalue weighted by molar-refractivity contribution is 6.12. The number of allylic oxidation sites excluding steroid dienone is 1. The smallest absolute Gasteiger partial charge is 0.235 e. The Morgan fingerprint density at radius 1 is 0.393 bits per heavy atom. The van der Waals surface area contributed by atoms with E-state index in [0.29, 0.717) is 29.1 Å². The average Bonchev–Trinajstić information content (AvgIpc) is 3.95. The first-order valence-corrected chi connectivity index (χ1v) is 20.6. The zero-order valence-corrected chi connectivity index (χ0v) is 33.5. The van der Waals surface area contributed by atoms with Gasteiger partial charge in [-0.15, -0.1) is 0 Å². The number of rotatable bonds is 6. The Morgan fingerprint density at radius 3 is 1.46 bits per heavy atom. The van der Waals surface area contributed by atoms with Crippen molar-refractivity contribution >= 4 is 49.7 Å². The van der Waals surface area contributed by atoms with E-state index in [1.54, 1.807) is 0 Å². The topological polar surface area (TPSA) is 74.3 Å². The van der Waals surface area contributed by atoms with Crippen LogP contribution in [0.1, 0.15) is 25.1 Å². The number of hydrogen-bond acceptors (Lipinski definition) is 5. The zero-order valence-electron chi connectivity index (χ0n) is 33.5. The van der Waals surface area contributed by atoms with Crippen molar-refractivity contribution in [1.29, 1.82) is 0 Å². The maximum absolute atomic E-state index is 5.41. The number of para-hydroxylation sites is 3. The molecule has 0 spiro atoms. The van der Waals surface area contributed by atoms with Crippen LogP contribution in [0.5, 0.6) is 0 Å². The predicted molar refractivity (Wildman–Crippen MR) is 248 cm³/mol. The van der Waals surface area contributed by atoms with Gasteiger partial charge >= 0.3 is 0 Å². The fraction of sp³-hybridized carbons (Fsp3) is 0.0556. The molecule has 61 heavy (non-hydrogen) atoms. The molecule has 0 saturated heterocycles. The van der Waals surface area contributed by atoms with Crippen LogP contribution in [0, 0.1) is 0 Å². The summed E-state index contributed by atoms with van der Waals surface area (Å²) in [6.07, 6.45) is 4.32. The molecule has 0 bridgehead atoms. The first-order chi connectivity index (χ1) is 30.0. The number of nitrogens with zero attached hydrogens (tertiary/aromatic N) is 7. The minimum absolute atomic E-state index is 0.340. The fourth-order valence-corrected chi connectivity index (χ4v) is 9.04. The number of hydrogen-bond donors (Lipinski definition) is 0. The van der Waals surface area contributed by atoms with Gasteiger partial charge in [-0.1, -0.05) is 153 Å². The summed E-state index contributed by atoms with van der Waals surface area (Å²) in [5.74, 6) is 2.25. The lowest BCUT2D eigenvalue weighted by Gasteiger charge is -2.19. The van der Waals surface area contributed by atoms with Crippen LogP contribution >= 0.6 is 0 Å². The third-order valence-corrected chi connectivity index (χ3v) is 12.0. The van der Waals surface area contributed by atoms with Crippen molar-refractivity contribution in [3.8, 4) is 57.1 Å². The van der Waals surface area contributed by atoms with Crippen LogP contribution in [0.25, 0.3) is 107 Å². The molecule has 11 aromatic rings. The summed E-state index contributed by atoms with van der Waals surface area (Å²) in [4.78, 5) is 26.0. The van der Waals surface area contributed by atoms with Gasteiger partial charge in [-0.2, -0.15) is 0 Å². The molecule has 7 heteroatoms. The molecule has 0 amide bonds. The molecule has 12 rings (SSSR count). The summed E-state index contributed by atoms with van der Waals surface area (Å²) in [6.45, 7) is 4.39. The normalized spacial score (nSPS) is 13.1. The lowest BCUT2D eigenvalue weighted by atomic mass is 9.91. The van der Waals surface area contributed by atoms with Gasteiger partial charge in [0.05, 0.1) is 27.8 Å². The molecular weight excluding hydrogens is 747 g/mol. The minimum Gasteiger partial charge on any atom is -0.309 e. The van der Waals surface area contributed by atoms with E-state index in [9.17, 15) is 0 Å². The van der Waals surface area contributed by atoms with Crippen molar-refractivity contribution in [1.82, 2.24) is 34.1 Å². The lowest BCUT2D eigenvalue weighted by molar-refractivity contribution is 0.650. The minimum atomic E-state index is -0.340. The molecule has 0 N–H and O–H groups in total. The van der Waals surface area contributed by atoms with E-state index in [2.05, 4.69) is 150 Å². The van der Waals surface area contributed by atoms with Crippen LogP contribution in [-0.4, -0.2) is 34.1 Å². The second kappa shape index (κ2) is 13.5. The van der Waals surface area contributed by atoms with E-state index in [-0.39, 0.29) is 5.41 Å². The standard InChI is InChI=1S/C54H37N7/c1-54(2)31-30-41-48(52-58-50(34-16-6-3-7-17-34)57-51(59-52)35-18-8-4-9-19-35)55-53(56-49(41)54)61-45-25-15-13-23-40(45)43-33-37(27-29-47(43)61)36-26-28-46-42(32-36)39-22-12-14-24-44(39)60(46)38-20-10-5-11-21-38/h3-33H,1-2H3. The molecule has 0 fully saturated rings. The zero-order chi connectivity index (χ0) is 40.7. The molecule has 0 aliphatic heterocycles.